The molecular weight excluding hydrogens is 461 g/mol. The summed E-state index contributed by atoms with van der Waals surface area (Å²) in [7, 11) is -5.64. The Balaban J connectivity index is 0.000000203. The quantitative estimate of drug-likeness (QED) is 0.477. The largest absolute Gasteiger partial charge is 0.534 e. The zero-order chi connectivity index (χ0) is 24.7. The van der Waals surface area contributed by atoms with Gasteiger partial charge < -0.3 is 18.8 Å². The maximum absolute atomic E-state index is 12.2. The van der Waals surface area contributed by atoms with Gasteiger partial charge in [-0.15, -0.1) is 0 Å². The van der Waals surface area contributed by atoms with E-state index in [1.807, 2.05) is 26.0 Å². The average Bonchev–Trinajstić information content (AvgIpc) is 2.66. The van der Waals surface area contributed by atoms with Crippen molar-refractivity contribution in [2.75, 3.05) is 13.2 Å². The van der Waals surface area contributed by atoms with Crippen LogP contribution in [-0.4, -0.2) is 32.2 Å². The molecule has 0 aliphatic carbocycles. The first-order valence-corrected chi connectivity index (χ1v) is 11.8. The Labute approximate surface area is 191 Å². The number of ether oxygens (including phenoxy) is 2. The standard InChI is InChI=1S/C12H13F3O4S.C11H14O2/c1-11(2)10-4-3-9(7-8(10)5-6-18-11)19-20(16,17)12(13,14)15;1-11(2)10-4-3-9(12)7-8(10)5-6-13-11/h3-4,7H,5-6H2,1-2H3;3-4,7,12H,5-6H2,1-2H3. The van der Waals surface area contributed by atoms with Crippen LogP contribution >= 0.6 is 0 Å². The minimum Gasteiger partial charge on any atom is -0.508 e. The van der Waals surface area contributed by atoms with Gasteiger partial charge >= 0.3 is 15.6 Å². The Morgan fingerprint density at radius 3 is 1.88 bits per heavy atom. The van der Waals surface area contributed by atoms with Crippen LogP contribution in [0, 0.1) is 0 Å². The van der Waals surface area contributed by atoms with Crippen LogP contribution < -0.4 is 4.18 Å². The molecular formula is C23H27F3O6S. The molecule has 10 heteroatoms. The average molecular weight is 489 g/mol. The van der Waals surface area contributed by atoms with Crippen molar-refractivity contribution in [3.8, 4) is 11.5 Å². The predicted octanol–water partition coefficient (Wildman–Crippen LogP) is 4.92. The van der Waals surface area contributed by atoms with E-state index in [2.05, 4.69) is 18.0 Å². The van der Waals surface area contributed by atoms with Crippen LogP contribution in [0.2, 0.25) is 0 Å². The summed E-state index contributed by atoms with van der Waals surface area (Å²) in [5.41, 5.74) is -2.29. The SMILES string of the molecule is CC1(C)OCCc2cc(O)ccc21.CC1(C)OCCc2cc(OS(=O)(=O)C(F)(F)F)ccc21. The fraction of sp³-hybridized carbons (Fsp3) is 0.478. The molecule has 2 aliphatic rings. The van der Waals surface area contributed by atoms with Gasteiger partial charge in [-0.25, -0.2) is 0 Å². The Morgan fingerprint density at radius 2 is 1.36 bits per heavy atom. The molecule has 0 unspecified atom stereocenters. The van der Waals surface area contributed by atoms with Crippen molar-refractivity contribution in [3.63, 3.8) is 0 Å². The predicted molar refractivity (Wildman–Crippen MR) is 116 cm³/mol. The Hall–Kier alpha value is -2.30. The van der Waals surface area contributed by atoms with Gasteiger partial charge in [0.05, 0.1) is 24.4 Å². The molecule has 0 bridgehead atoms. The lowest BCUT2D eigenvalue weighted by atomic mass is 9.89. The van der Waals surface area contributed by atoms with Crippen LogP contribution in [0.1, 0.15) is 49.9 Å². The van der Waals surface area contributed by atoms with E-state index in [1.165, 1.54) is 29.3 Å². The summed E-state index contributed by atoms with van der Waals surface area (Å²) >= 11 is 0. The highest BCUT2D eigenvalue weighted by Crippen LogP contribution is 2.36. The van der Waals surface area contributed by atoms with Gasteiger partial charge in [-0.3, -0.25) is 0 Å². The Morgan fingerprint density at radius 1 is 0.879 bits per heavy atom. The van der Waals surface area contributed by atoms with Crippen molar-refractivity contribution in [2.24, 2.45) is 0 Å². The molecule has 33 heavy (non-hydrogen) atoms. The molecule has 2 heterocycles. The maximum atomic E-state index is 12.2. The van der Waals surface area contributed by atoms with Crippen molar-refractivity contribution in [1.29, 1.82) is 0 Å². The maximum Gasteiger partial charge on any atom is 0.534 e. The lowest BCUT2D eigenvalue weighted by Crippen LogP contribution is -2.30. The number of hydrogen-bond donors (Lipinski definition) is 1. The van der Waals surface area contributed by atoms with Crippen molar-refractivity contribution in [1.82, 2.24) is 0 Å². The van der Waals surface area contributed by atoms with Crippen LogP contribution in [0.5, 0.6) is 11.5 Å². The number of rotatable bonds is 2. The zero-order valence-electron chi connectivity index (χ0n) is 18.8. The highest BCUT2D eigenvalue weighted by atomic mass is 32.2. The van der Waals surface area contributed by atoms with Crippen LogP contribution in [0.15, 0.2) is 36.4 Å². The van der Waals surface area contributed by atoms with Gasteiger partial charge in [-0.2, -0.15) is 21.6 Å². The molecule has 0 aromatic heterocycles. The summed E-state index contributed by atoms with van der Waals surface area (Å²) in [5, 5.41) is 9.32. The zero-order valence-corrected chi connectivity index (χ0v) is 19.6. The van der Waals surface area contributed by atoms with Gasteiger partial charge in [0.25, 0.3) is 0 Å². The van der Waals surface area contributed by atoms with Gasteiger partial charge in [0.2, 0.25) is 0 Å². The third-order valence-corrected chi connectivity index (χ3v) is 6.60. The van der Waals surface area contributed by atoms with E-state index >= 15 is 0 Å². The summed E-state index contributed by atoms with van der Waals surface area (Å²) in [6.45, 7) is 8.93. The van der Waals surface area contributed by atoms with Gasteiger partial charge in [-0.1, -0.05) is 12.1 Å². The fourth-order valence-corrected chi connectivity index (χ4v) is 4.40. The lowest BCUT2D eigenvalue weighted by molar-refractivity contribution is -0.0500. The second-order valence-corrected chi connectivity index (χ2v) is 10.4. The Kier molecular flexibility index (Phi) is 6.76. The molecule has 2 aromatic rings. The number of phenolic OH excluding ortho intramolecular Hbond substituents is 1. The summed E-state index contributed by atoms with van der Waals surface area (Å²) in [6.07, 6.45) is 1.38. The summed E-state index contributed by atoms with van der Waals surface area (Å²) in [6, 6.07) is 9.52. The molecule has 0 amide bonds. The number of phenols is 1. The molecule has 0 atom stereocenters. The van der Waals surface area contributed by atoms with Crippen molar-refractivity contribution in [2.45, 2.75) is 57.2 Å². The number of fused-ring (bicyclic) bond motifs is 2. The smallest absolute Gasteiger partial charge is 0.508 e. The molecule has 0 fully saturated rings. The molecule has 2 aliphatic heterocycles. The number of benzene rings is 2. The topological polar surface area (TPSA) is 82.1 Å². The van der Waals surface area contributed by atoms with Crippen LogP contribution in [0.25, 0.3) is 0 Å². The molecule has 0 saturated carbocycles. The molecule has 0 radical (unpaired) electrons. The number of halogens is 3. The van der Waals surface area contributed by atoms with Crippen molar-refractivity contribution in [3.05, 3.63) is 58.7 Å². The van der Waals surface area contributed by atoms with Gasteiger partial charge in [0.15, 0.2) is 0 Å². The van der Waals surface area contributed by atoms with Crippen molar-refractivity contribution < 1.29 is 40.4 Å². The second-order valence-electron chi connectivity index (χ2n) is 8.86. The number of alkyl halides is 3. The van der Waals surface area contributed by atoms with Crippen LogP contribution in [0.4, 0.5) is 13.2 Å². The van der Waals surface area contributed by atoms with E-state index in [-0.39, 0.29) is 11.4 Å². The molecule has 1 N–H and O–H groups in total. The minimum absolute atomic E-state index is 0.207. The van der Waals surface area contributed by atoms with E-state index in [4.69, 9.17) is 9.47 Å². The molecule has 0 spiro atoms. The third-order valence-electron chi connectivity index (χ3n) is 5.62. The van der Waals surface area contributed by atoms with Crippen LogP contribution in [0.3, 0.4) is 0 Å². The molecule has 0 saturated heterocycles. The van der Waals surface area contributed by atoms with Gasteiger partial charge in [0, 0.05) is 0 Å². The van der Waals surface area contributed by atoms with E-state index in [0.29, 0.717) is 18.8 Å². The van der Waals surface area contributed by atoms with Gasteiger partial charge in [-0.05, 0) is 87.1 Å². The lowest BCUT2D eigenvalue weighted by Gasteiger charge is -2.33. The molecule has 182 valence electrons. The summed E-state index contributed by atoms with van der Waals surface area (Å²) in [5.74, 6) is -0.00442. The first-order valence-electron chi connectivity index (χ1n) is 10.4. The molecule has 4 rings (SSSR count). The van der Waals surface area contributed by atoms with E-state index in [1.54, 1.807) is 6.07 Å². The normalized spacial score (nSPS) is 18.9. The summed E-state index contributed by atoms with van der Waals surface area (Å²) < 4.78 is 73.9. The monoisotopic (exact) mass is 488 g/mol. The number of aromatic hydroxyl groups is 1. The highest BCUT2D eigenvalue weighted by molar-refractivity contribution is 7.88. The van der Waals surface area contributed by atoms with E-state index in [0.717, 1.165) is 24.2 Å². The van der Waals surface area contributed by atoms with Gasteiger partial charge in [0.1, 0.15) is 11.5 Å². The highest BCUT2D eigenvalue weighted by Gasteiger charge is 2.48. The molecule has 2 aromatic carbocycles. The summed E-state index contributed by atoms with van der Waals surface area (Å²) in [4.78, 5) is 0. The molecule has 6 nitrogen and oxygen atoms in total. The second kappa shape index (κ2) is 8.81. The van der Waals surface area contributed by atoms with Crippen molar-refractivity contribution >= 4 is 10.1 Å². The van der Waals surface area contributed by atoms with E-state index < -0.39 is 21.2 Å². The third kappa shape index (κ3) is 5.62. The van der Waals surface area contributed by atoms with Crippen LogP contribution in [-0.2, 0) is 43.6 Å². The minimum atomic E-state index is -5.64. The Bertz CT molecular complexity index is 1120. The van der Waals surface area contributed by atoms with E-state index in [9.17, 15) is 26.7 Å². The fourth-order valence-electron chi connectivity index (χ4n) is 3.95. The first-order chi connectivity index (χ1) is 15.1. The number of hydrogen-bond acceptors (Lipinski definition) is 6. The first kappa shape index (κ1) is 25.3.